The molecule has 0 aliphatic heterocycles. The minimum atomic E-state index is -0.0789. The fourth-order valence-electron chi connectivity index (χ4n) is 3.36. The van der Waals surface area contributed by atoms with Gasteiger partial charge in [0.2, 0.25) is 5.91 Å². The van der Waals surface area contributed by atoms with Gasteiger partial charge in [-0.25, -0.2) is 4.98 Å². The molecule has 1 aliphatic rings. The zero-order valence-electron chi connectivity index (χ0n) is 14.8. The van der Waals surface area contributed by atoms with Gasteiger partial charge in [-0.2, -0.15) is 0 Å². The summed E-state index contributed by atoms with van der Waals surface area (Å²) in [6.45, 7) is 4.16. The Kier molecular flexibility index (Phi) is 5.78. The third-order valence-electron chi connectivity index (χ3n) is 4.80. The number of amides is 1. The Hall–Kier alpha value is -1.82. The molecule has 2 aromatic rings. The molecule has 0 unspecified atom stereocenters. The van der Waals surface area contributed by atoms with Gasteiger partial charge < -0.3 is 5.32 Å². The van der Waals surface area contributed by atoms with Gasteiger partial charge in [-0.05, 0) is 37.3 Å². The average molecular weight is 359 g/mol. The number of nitrogens with zero attached hydrogens (tertiary/aromatic N) is 2. The molecule has 0 aromatic carbocycles. The van der Waals surface area contributed by atoms with Crippen LogP contribution in [0.1, 0.15) is 43.9 Å². The van der Waals surface area contributed by atoms with Crippen molar-refractivity contribution in [1.29, 1.82) is 0 Å². The van der Waals surface area contributed by atoms with Gasteiger partial charge >= 0.3 is 0 Å². The van der Waals surface area contributed by atoms with Crippen LogP contribution in [0.2, 0.25) is 0 Å². The maximum Gasteiger partial charge on any atom is 0.258 e. The van der Waals surface area contributed by atoms with E-state index in [2.05, 4.69) is 17.2 Å². The van der Waals surface area contributed by atoms with Gasteiger partial charge in [0.1, 0.15) is 5.65 Å². The summed E-state index contributed by atoms with van der Waals surface area (Å²) in [6.07, 6.45) is 6.54. The summed E-state index contributed by atoms with van der Waals surface area (Å²) in [7, 11) is 0. The fraction of sp³-hybridized carbons (Fsp3) is 0.526. The summed E-state index contributed by atoms with van der Waals surface area (Å²) in [6, 6.07) is 5.66. The molecular weight excluding hydrogens is 334 g/mol. The van der Waals surface area contributed by atoms with Crippen molar-refractivity contribution < 1.29 is 4.79 Å². The van der Waals surface area contributed by atoms with Crippen LogP contribution in [0.15, 0.2) is 29.2 Å². The number of hydrogen-bond donors (Lipinski definition) is 1. The molecule has 1 amide bonds. The van der Waals surface area contributed by atoms with Crippen LogP contribution in [-0.2, 0) is 10.5 Å². The lowest BCUT2D eigenvalue weighted by atomic mass is 9.86. The SMILES string of the molecule is Cc1ccc2nc(CSCC(=O)N[C@@H]3CCCC[C@@H]3C)cc(=O)n2c1. The third kappa shape index (κ3) is 4.63. The molecule has 25 heavy (non-hydrogen) atoms. The van der Waals surface area contributed by atoms with Crippen molar-refractivity contribution in [1.82, 2.24) is 14.7 Å². The van der Waals surface area contributed by atoms with Gasteiger partial charge in [-0.15, -0.1) is 11.8 Å². The normalized spacial score (nSPS) is 20.6. The van der Waals surface area contributed by atoms with Crippen LogP contribution in [0.4, 0.5) is 0 Å². The quantitative estimate of drug-likeness (QED) is 0.891. The highest BCUT2D eigenvalue weighted by molar-refractivity contribution is 7.99. The molecule has 0 spiro atoms. The Bertz CT molecular complexity index is 818. The molecule has 2 aromatic heterocycles. The Morgan fingerprint density at radius 3 is 2.96 bits per heavy atom. The maximum absolute atomic E-state index is 12.2. The van der Waals surface area contributed by atoms with Crippen molar-refractivity contribution in [3.8, 4) is 0 Å². The number of aryl methyl sites for hydroxylation is 1. The Balaban J connectivity index is 1.55. The number of aromatic nitrogens is 2. The molecule has 1 saturated carbocycles. The number of rotatable bonds is 5. The van der Waals surface area contributed by atoms with E-state index in [4.69, 9.17) is 0 Å². The predicted octanol–water partition coefficient (Wildman–Crippen LogP) is 2.93. The molecule has 0 saturated heterocycles. The highest BCUT2D eigenvalue weighted by Crippen LogP contribution is 2.23. The van der Waals surface area contributed by atoms with Crippen LogP contribution in [0.5, 0.6) is 0 Å². The molecule has 5 nitrogen and oxygen atoms in total. The van der Waals surface area contributed by atoms with Gasteiger partial charge in [-0.3, -0.25) is 14.0 Å². The molecule has 1 aliphatic carbocycles. The second-order valence-electron chi connectivity index (χ2n) is 6.95. The lowest BCUT2D eigenvalue weighted by molar-refractivity contribution is -0.119. The van der Waals surface area contributed by atoms with Crippen LogP contribution in [0.25, 0.3) is 5.65 Å². The first kappa shape index (κ1) is 18.0. The van der Waals surface area contributed by atoms with Crippen LogP contribution in [0.3, 0.4) is 0 Å². The maximum atomic E-state index is 12.2. The molecule has 1 fully saturated rings. The van der Waals surface area contributed by atoms with Crippen LogP contribution >= 0.6 is 11.8 Å². The number of carbonyl (C=O) groups excluding carboxylic acids is 1. The number of carbonyl (C=O) groups is 1. The molecule has 2 heterocycles. The Labute approximate surface area is 152 Å². The van der Waals surface area contributed by atoms with Crippen molar-refractivity contribution in [3.05, 3.63) is 46.0 Å². The Morgan fingerprint density at radius 2 is 2.16 bits per heavy atom. The molecule has 134 valence electrons. The Morgan fingerprint density at radius 1 is 1.36 bits per heavy atom. The summed E-state index contributed by atoms with van der Waals surface area (Å²) >= 11 is 1.50. The van der Waals surface area contributed by atoms with Crippen molar-refractivity contribution in [3.63, 3.8) is 0 Å². The van der Waals surface area contributed by atoms with E-state index in [1.807, 2.05) is 19.1 Å². The first-order valence-electron chi connectivity index (χ1n) is 8.89. The first-order valence-corrected chi connectivity index (χ1v) is 10.0. The van der Waals surface area contributed by atoms with E-state index in [-0.39, 0.29) is 11.5 Å². The van der Waals surface area contributed by atoms with Crippen molar-refractivity contribution in [2.75, 3.05) is 5.75 Å². The fourth-order valence-corrected chi connectivity index (χ4v) is 4.09. The topological polar surface area (TPSA) is 63.5 Å². The van der Waals surface area contributed by atoms with E-state index in [1.165, 1.54) is 31.0 Å². The van der Waals surface area contributed by atoms with Gasteiger partial charge in [-0.1, -0.05) is 25.8 Å². The van der Waals surface area contributed by atoms with Crippen molar-refractivity contribution >= 4 is 23.3 Å². The molecule has 6 heteroatoms. The van der Waals surface area contributed by atoms with Gasteiger partial charge in [0, 0.05) is 24.1 Å². The third-order valence-corrected chi connectivity index (χ3v) is 5.77. The second-order valence-corrected chi connectivity index (χ2v) is 7.93. The average Bonchev–Trinajstić information content (AvgIpc) is 2.58. The molecule has 0 bridgehead atoms. The van der Waals surface area contributed by atoms with Crippen molar-refractivity contribution in [2.45, 2.75) is 51.3 Å². The predicted molar refractivity (Wildman–Crippen MR) is 102 cm³/mol. The molecule has 1 N–H and O–H groups in total. The summed E-state index contributed by atoms with van der Waals surface area (Å²) in [5, 5.41) is 3.16. The highest BCUT2D eigenvalue weighted by Gasteiger charge is 2.22. The van der Waals surface area contributed by atoms with Crippen LogP contribution in [0, 0.1) is 12.8 Å². The monoisotopic (exact) mass is 359 g/mol. The minimum absolute atomic E-state index is 0.0789. The summed E-state index contributed by atoms with van der Waals surface area (Å²) in [4.78, 5) is 28.8. The lowest BCUT2D eigenvalue weighted by Crippen LogP contribution is -2.41. The highest BCUT2D eigenvalue weighted by atomic mass is 32.2. The lowest BCUT2D eigenvalue weighted by Gasteiger charge is -2.29. The molecular formula is C19H25N3O2S. The number of thioether (sulfide) groups is 1. The van der Waals surface area contributed by atoms with Crippen LogP contribution in [-0.4, -0.2) is 27.1 Å². The zero-order chi connectivity index (χ0) is 17.8. The summed E-state index contributed by atoms with van der Waals surface area (Å²) in [5.41, 5.74) is 2.31. The first-order chi connectivity index (χ1) is 12.0. The number of pyridine rings is 1. The van der Waals surface area contributed by atoms with E-state index in [1.54, 1.807) is 16.7 Å². The minimum Gasteiger partial charge on any atom is -0.352 e. The number of nitrogens with one attached hydrogen (secondary N) is 1. The number of hydrogen-bond acceptors (Lipinski definition) is 4. The molecule has 0 radical (unpaired) electrons. The van der Waals surface area contributed by atoms with Gasteiger partial charge in [0.25, 0.3) is 5.56 Å². The zero-order valence-corrected chi connectivity index (χ0v) is 15.6. The van der Waals surface area contributed by atoms with E-state index >= 15 is 0 Å². The number of fused-ring (bicyclic) bond motifs is 1. The molecule has 3 rings (SSSR count). The van der Waals surface area contributed by atoms with E-state index < -0.39 is 0 Å². The van der Waals surface area contributed by atoms with Gasteiger partial charge in [0.05, 0.1) is 11.4 Å². The van der Waals surface area contributed by atoms with E-state index in [9.17, 15) is 9.59 Å². The van der Waals surface area contributed by atoms with E-state index in [0.29, 0.717) is 29.1 Å². The molecule has 2 atom stereocenters. The largest absolute Gasteiger partial charge is 0.352 e. The summed E-state index contributed by atoms with van der Waals surface area (Å²) in [5.74, 6) is 1.61. The van der Waals surface area contributed by atoms with Crippen molar-refractivity contribution in [2.24, 2.45) is 5.92 Å². The smallest absolute Gasteiger partial charge is 0.258 e. The van der Waals surface area contributed by atoms with Gasteiger partial charge in [0.15, 0.2) is 0 Å². The van der Waals surface area contributed by atoms with E-state index in [0.717, 1.165) is 17.7 Å². The second kappa shape index (κ2) is 8.04. The summed E-state index contributed by atoms with van der Waals surface area (Å²) < 4.78 is 1.56. The van der Waals surface area contributed by atoms with Crippen LogP contribution < -0.4 is 10.9 Å². The standard InChI is InChI=1S/C19H25N3O2S/c1-13-7-8-17-20-15(9-19(24)22(17)10-13)11-25-12-18(23)21-16-6-4-3-5-14(16)2/h7-10,14,16H,3-6,11-12H2,1-2H3,(H,21,23)/t14-,16+/m0/s1.